The lowest BCUT2D eigenvalue weighted by Crippen LogP contribution is -2.41. The van der Waals surface area contributed by atoms with Gasteiger partial charge in [-0.1, -0.05) is 36.2 Å². The Morgan fingerprint density at radius 3 is 2.32 bits per heavy atom. The third-order valence-corrected chi connectivity index (χ3v) is 7.69. The van der Waals surface area contributed by atoms with Gasteiger partial charge in [0.25, 0.3) is 0 Å². The zero-order valence-electron chi connectivity index (χ0n) is 16.9. The van der Waals surface area contributed by atoms with E-state index in [1.54, 1.807) is 31.2 Å². The van der Waals surface area contributed by atoms with Gasteiger partial charge in [-0.05, 0) is 49.2 Å². The minimum Gasteiger partial charge on any atom is -0.326 e. The van der Waals surface area contributed by atoms with Crippen molar-refractivity contribution in [3.8, 4) is 0 Å². The Bertz CT molecular complexity index is 1080. The van der Waals surface area contributed by atoms with E-state index in [1.807, 2.05) is 0 Å². The number of carbonyl (C=O) groups is 2. The van der Waals surface area contributed by atoms with Gasteiger partial charge in [0.1, 0.15) is 4.90 Å². The minimum absolute atomic E-state index is 0.0319. The van der Waals surface area contributed by atoms with Crippen molar-refractivity contribution in [2.75, 3.05) is 23.7 Å². The van der Waals surface area contributed by atoms with E-state index < -0.39 is 10.0 Å². The molecule has 1 aliphatic heterocycles. The van der Waals surface area contributed by atoms with Gasteiger partial charge in [-0.2, -0.15) is 4.31 Å². The van der Waals surface area contributed by atoms with Gasteiger partial charge in [-0.3, -0.25) is 9.59 Å². The number of sulfonamides is 1. The molecule has 2 amide bonds. The summed E-state index contributed by atoms with van der Waals surface area (Å²) in [6, 6.07) is 11.2. The van der Waals surface area contributed by atoms with Crippen LogP contribution in [0, 0.1) is 5.92 Å². The van der Waals surface area contributed by atoms with E-state index in [9.17, 15) is 18.0 Å². The third kappa shape index (κ3) is 5.77. The zero-order valence-corrected chi connectivity index (χ0v) is 19.2. The van der Waals surface area contributed by atoms with Crippen LogP contribution in [0.3, 0.4) is 0 Å². The lowest BCUT2D eigenvalue weighted by Gasteiger charge is -2.30. The van der Waals surface area contributed by atoms with Gasteiger partial charge >= 0.3 is 0 Å². The summed E-state index contributed by atoms with van der Waals surface area (Å²) in [5, 5.41) is 5.99. The molecule has 0 aliphatic carbocycles. The molecule has 31 heavy (non-hydrogen) atoms. The maximum atomic E-state index is 12.9. The van der Waals surface area contributed by atoms with Gasteiger partial charge in [0.2, 0.25) is 21.8 Å². The molecule has 1 heterocycles. The van der Waals surface area contributed by atoms with Crippen molar-refractivity contribution in [2.45, 2.75) is 31.1 Å². The Morgan fingerprint density at radius 1 is 1.03 bits per heavy atom. The number of carbonyl (C=O) groups excluding carboxylic acids is 2. The Labute approximate surface area is 191 Å². The molecule has 2 N–H and O–H groups in total. The number of anilines is 2. The monoisotopic (exact) mass is 483 g/mol. The van der Waals surface area contributed by atoms with Crippen LogP contribution in [-0.4, -0.2) is 37.6 Å². The highest BCUT2D eigenvalue weighted by Gasteiger charge is 2.33. The predicted octanol–water partition coefficient (Wildman–Crippen LogP) is 4.38. The first-order chi connectivity index (χ1) is 14.7. The van der Waals surface area contributed by atoms with Crippen molar-refractivity contribution in [1.82, 2.24) is 4.31 Å². The van der Waals surface area contributed by atoms with Crippen LogP contribution in [0.15, 0.2) is 47.4 Å². The lowest BCUT2D eigenvalue weighted by atomic mass is 9.97. The van der Waals surface area contributed by atoms with Gasteiger partial charge in [0, 0.05) is 41.8 Å². The van der Waals surface area contributed by atoms with E-state index in [0.29, 0.717) is 30.6 Å². The molecule has 0 unspecified atom stereocenters. The quantitative estimate of drug-likeness (QED) is 0.636. The number of rotatable bonds is 6. The fourth-order valence-corrected chi connectivity index (χ4v) is 5.55. The van der Waals surface area contributed by atoms with E-state index in [-0.39, 0.29) is 45.8 Å². The first-order valence-electron chi connectivity index (χ1n) is 9.86. The van der Waals surface area contributed by atoms with Crippen molar-refractivity contribution >= 4 is 56.4 Å². The molecule has 1 saturated heterocycles. The van der Waals surface area contributed by atoms with Crippen LogP contribution in [0.1, 0.15) is 26.2 Å². The van der Waals surface area contributed by atoms with E-state index in [4.69, 9.17) is 23.2 Å². The van der Waals surface area contributed by atoms with Crippen LogP contribution in [0.2, 0.25) is 10.0 Å². The van der Waals surface area contributed by atoms with E-state index in [2.05, 4.69) is 10.6 Å². The minimum atomic E-state index is -3.80. The Kier molecular flexibility index (Phi) is 7.59. The summed E-state index contributed by atoms with van der Waals surface area (Å²) in [7, 11) is -3.80. The molecule has 0 aromatic heterocycles. The maximum Gasteiger partial charge on any atom is 0.244 e. The largest absolute Gasteiger partial charge is 0.326 e. The summed E-state index contributed by atoms with van der Waals surface area (Å²) in [4.78, 5) is 24.2. The Balaban J connectivity index is 1.62. The highest BCUT2D eigenvalue weighted by Crippen LogP contribution is 2.30. The van der Waals surface area contributed by atoms with Crippen molar-refractivity contribution < 1.29 is 18.0 Å². The first kappa shape index (κ1) is 23.5. The molecule has 3 rings (SSSR count). The van der Waals surface area contributed by atoms with Crippen LogP contribution in [0.25, 0.3) is 0 Å². The second-order valence-electron chi connectivity index (χ2n) is 7.22. The molecule has 1 fully saturated rings. The number of piperidine rings is 1. The smallest absolute Gasteiger partial charge is 0.244 e. The standard InChI is InChI=1S/C21H23Cl2N3O4S/c1-2-20(27)24-16-4-3-5-17(13-16)25-21(28)14-8-10-26(11-9-14)31(29,30)19-12-15(22)6-7-18(19)23/h3-7,12-14H,2,8-11H2,1H3,(H,24,27)(H,25,28). The molecular weight excluding hydrogens is 461 g/mol. The molecule has 166 valence electrons. The maximum absolute atomic E-state index is 12.9. The predicted molar refractivity (Wildman–Crippen MR) is 122 cm³/mol. The molecule has 0 atom stereocenters. The first-order valence-corrected chi connectivity index (χ1v) is 12.1. The van der Waals surface area contributed by atoms with Gasteiger partial charge in [0.15, 0.2) is 0 Å². The van der Waals surface area contributed by atoms with E-state index in [1.165, 1.54) is 22.5 Å². The fourth-order valence-electron chi connectivity index (χ4n) is 3.34. The summed E-state index contributed by atoms with van der Waals surface area (Å²) >= 11 is 12.0. The number of nitrogens with zero attached hydrogens (tertiary/aromatic N) is 1. The average Bonchev–Trinajstić information content (AvgIpc) is 2.75. The molecule has 2 aromatic rings. The molecule has 2 aromatic carbocycles. The van der Waals surface area contributed by atoms with Crippen molar-refractivity contribution in [3.05, 3.63) is 52.5 Å². The highest BCUT2D eigenvalue weighted by atomic mass is 35.5. The summed E-state index contributed by atoms with van der Waals surface area (Å²) < 4.78 is 27.2. The molecule has 0 bridgehead atoms. The second-order valence-corrected chi connectivity index (χ2v) is 9.97. The summed E-state index contributed by atoms with van der Waals surface area (Å²) in [5.74, 6) is -0.621. The average molecular weight is 484 g/mol. The fraction of sp³-hybridized carbons (Fsp3) is 0.333. The lowest BCUT2D eigenvalue weighted by molar-refractivity contribution is -0.121. The summed E-state index contributed by atoms with van der Waals surface area (Å²) in [6.45, 7) is 2.17. The topological polar surface area (TPSA) is 95.6 Å². The van der Waals surface area contributed by atoms with Crippen LogP contribution in [0.4, 0.5) is 11.4 Å². The summed E-state index contributed by atoms with van der Waals surface area (Å²) in [6.07, 6.45) is 1.13. The number of hydrogen-bond donors (Lipinski definition) is 2. The number of amides is 2. The molecule has 10 heteroatoms. The van der Waals surface area contributed by atoms with Crippen LogP contribution in [-0.2, 0) is 19.6 Å². The molecule has 0 radical (unpaired) electrons. The normalized spacial score (nSPS) is 15.5. The molecule has 0 saturated carbocycles. The zero-order chi connectivity index (χ0) is 22.6. The highest BCUT2D eigenvalue weighted by molar-refractivity contribution is 7.89. The van der Waals surface area contributed by atoms with Gasteiger partial charge in [-0.25, -0.2) is 8.42 Å². The van der Waals surface area contributed by atoms with Crippen LogP contribution in [0.5, 0.6) is 0 Å². The molecule has 7 nitrogen and oxygen atoms in total. The Hall–Kier alpha value is -2.13. The van der Waals surface area contributed by atoms with Crippen molar-refractivity contribution in [1.29, 1.82) is 0 Å². The molecule has 1 aliphatic rings. The number of halogens is 2. The number of nitrogens with one attached hydrogen (secondary N) is 2. The number of hydrogen-bond acceptors (Lipinski definition) is 4. The molecular formula is C21H23Cl2N3O4S. The van der Waals surface area contributed by atoms with Crippen molar-refractivity contribution in [3.63, 3.8) is 0 Å². The van der Waals surface area contributed by atoms with Crippen LogP contribution >= 0.6 is 23.2 Å². The van der Waals surface area contributed by atoms with E-state index in [0.717, 1.165) is 0 Å². The van der Waals surface area contributed by atoms with Gasteiger partial charge < -0.3 is 10.6 Å². The van der Waals surface area contributed by atoms with Crippen molar-refractivity contribution in [2.24, 2.45) is 5.92 Å². The third-order valence-electron chi connectivity index (χ3n) is 5.07. The van der Waals surface area contributed by atoms with Gasteiger partial charge in [-0.15, -0.1) is 0 Å². The Morgan fingerprint density at radius 2 is 1.68 bits per heavy atom. The second kappa shape index (κ2) is 9.99. The summed E-state index contributed by atoms with van der Waals surface area (Å²) in [5.41, 5.74) is 1.17. The SMILES string of the molecule is CCC(=O)Nc1cccc(NC(=O)C2CCN(S(=O)(=O)c3cc(Cl)ccc3Cl)CC2)c1. The van der Waals surface area contributed by atoms with Crippen LogP contribution < -0.4 is 10.6 Å². The van der Waals surface area contributed by atoms with Gasteiger partial charge in [0.05, 0.1) is 5.02 Å². The van der Waals surface area contributed by atoms with E-state index >= 15 is 0 Å². The molecule has 0 spiro atoms. The number of benzene rings is 2.